The van der Waals surface area contributed by atoms with Crippen LogP contribution in [-0.2, 0) is 0 Å². The minimum absolute atomic E-state index is 1.10. The summed E-state index contributed by atoms with van der Waals surface area (Å²) in [5.74, 6) is 0. The van der Waals surface area contributed by atoms with Gasteiger partial charge in [-0.1, -0.05) is 158 Å². The van der Waals surface area contributed by atoms with E-state index in [9.17, 15) is 0 Å². The summed E-state index contributed by atoms with van der Waals surface area (Å²) in [6, 6.07) is 75.8. The molecule has 1 aliphatic rings. The maximum atomic E-state index is 2.51. The van der Waals surface area contributed by atoms with Crippen molar-refractivity contribution in [2.75, 3.05) is 4.90 Å². The van der Waals surface area contributed by atoms with Gasteiger partial charge in [-0.15, -0.1) is 0 Å². The molecule has 0 bridgehead atoms. The van der Waals surface area contributed by atoms with E-state index in [4.69, 9.17) is 0 Å². The number of para-hydroxylation sites is 2. The van der Waals surface area contributed by atoms with Crippen LogP contribution in [0.1, 0.15) is 0 Å². The number of hydrogen-bond donors (Lipinski definition) is 0. The third-order valence-corrected chi connectivity index (χ3v) is 11.8. The monoisotopic (exact) mass is 710 g/mol. The van der Waals surface area contributed by atoms with E-state index in [-0.39, 0.29) is 0 Å². The lowest BCUT2D eigenvalue weighted by Crippen LogP contribution is -2.12. The molecule has 0 saturated heterocycles. The van der Waals surface area contributed by atoms with Gasteiger partial charge < -0.3 is 9.47 Å². The van der Waals surface area contributed by atoms with Crippen LogP contribution in [0.2, 0.25) is 0 Å². The molecule has 10 aromatic carbocycles. The molecule has 2 heteroatoms. The topological polar surface area (TPSA) is 8.17 Å². The molecule has 2 nitrogen and oxygen atoms in total. The lowest BCUT2D eigenvalue weighted by atomic mass is 9.95. The molecule has 56 heavy (non-hydrogen) atoms. The summed E-state index contributed by atoms with van der Waals surface area (Å²) in [5.41, 5.74) is 14.4. The molecule has 0 atom stereocenters. The third kappa shape index (κ3) is 4.50. The highest BCUT2D eigenvalue weighted by Gasteiger charge is 2.30. The Morgan fingerprint density at radius 3 is 1.91 bits per heavy atom. The van der Waals surface area contributed by atoms with Gasteiger partial charge in [0.2, 0.25) is 0 Å². The number of benzene rings is 10. The normalized spacial score (nSPS) is 11.9. The zero-order valence-corrected chi connectivity index (χ0v) is 30.5. The zero-order chi connectivity index (χ0) is 36.7. The fourth-order valence-corrected chi connectivity index (χ4v) is 9.46. The molecule has 11 aromatic rings. The first kappa shape index (κ1) is 31.0. The summed E-state index contributed by atoms with van der Waals surface area (Å²) in [5, 5.41) is 10.1. The summed E-state index contributed by atoms with van der Waals surface area (Å²) in [6.07, 6.45) is 0. The SMILES string of the molecule is c1ccc(-c2ccccc2N(c2ccc3c4ccccc4n(-c4ccc5ccccc5c4)c3c2)c2cccc3c2-c2cccc4cc5ccccc5c-3c24)cc1. The molecule has 0 saturated carbocycles. The molecule has 0 amide bonds. The van der Waals surface area contributed by atoms with Crippen LogP contribution in [0.5, 0.6) is 0 Å². The van der Waals surface area contributed by atoms with Gasteiger partial charge in [-0.3, -0.25) is 0 Å². The summed E-state index contributed by atoms with van der Waals surface area (Å²) < 4.78 is 2.44. The van der Waals surface area contributed by atoms with Gasteiger partial charge in [-0.05, 0) is 103 Å². The summed E-state index contributed by atoms with van der Waals surface area (Å²) in [6.45, 7) is 0. The molecule has 0 fully saturated rings. The van der Waals surface area contributed by atoms with Crippen molar-refractivity contribution in [2.45, 2.75) is 0 Å². The van der Waals surface area contributed by atoms with E-state index in [1.54, 1.807) is 0 Å². The Morgan fingerprint density at radius 1 is 0.339 bits per heavy atom. The second-order valence-corrected chi connectivity index (χ2v) is 14.9. The number of hydrogen-bond acceptors (Lipinski definition) is 1. The highest BCUT2D eigenvalue weighted by atomic mass is 15.2. The molecular formula is C54H34N2. The van der Waals surface area contributed by atoms with Crippen molar-refractivity contribution in [1.29, 1.82) is 0 Å². The van der Waals surface area contributed by atoms with Crippen molar-refractivity contribution in [2.24, 2.45) is 0 Å². The molecule has 0 unspecified atom stereocenters. The Labute approximate surface area is 324 Å². The predicted octanol–water partition coefficient (Wildman–Crippen LogP) is 15.0. The summed E-state index contributed by atoms with van der Waals surface area (Å²) in [7, 11) is 0. The Bertz CT molecular complexity index is 3370. The van der Waals surface area contributed by atoms with Crippen LogP contribution in [0.15, 0.2) is 206 Å². The Morgan fingerprint density at radius 2 is 1.00 bits per heavy atom. The Hall–Kier alpha value is -7.42. The van der Waals surface area contributed by atoms with Crippen molar-refractivity contribution in [3.8, 4) is 39.1 Å². The molecule has 1 aromatic heterocycles. The molecule has 0 radical (unpaired) electrons. The number of anilines is 3. The van der Waals surface area contributed by atoms with Gasteiger partial charge >= 0.3 is 0 Å². The third-order valence-electron chi connectivity index (χ3n) is 11.8. The van der Waals surface area contributed by atoms with Crippen molar-refractivity contribution in [3.63, 3.8) is 0 Å². The van der Waals surface area contributed by atoms with Crippen molar-refractivity contribution >= 4 is 71.2 Å². The largest absolute Gasteiger partial charge is 0.309 e. The van der Waals surface area contributed by atoms with Crippen LogP contribution < -0.4 is 4.90 Å². The molecule has 260 valence electrons. The van der Waals surface area contributed by atoms with Gasteiger partial charge in [-0.25, -0.2) is 0 Å². The minimum Gasteiger partial charge on any atom is -0.309 e. The fraction of sp³-hybridized carbons (Fsp3) is 0. The minimum atomic E-state index is 1.10. The van der Waals surface area contributed by atoms with Crippen LogP contribution in [-0.4, -0.2) is 4.57 Å². The van der Waals surface area contributed by atoms with Gasteiger partial charge in [0, 0.05) is 33.3 Å². The van der Waals surface area contributed by atoms with Crippen molar-refractivity contribution < 1.29 is 0 Å². The fourth-order valence-electron chi connectivity index (χ4n) is 9.46. The number of rotatable bonds is 5. The van der Waals surface area contributed by atoms with E-state index in [1.165, 1.54) is 87.5 Å². The van der Waals surface area contributed by atoms with Crippen molar-refractivity contribution in [3.05, 3.63) is 206 Å². The first-order valence-electron chi connectivity index (χ1n) is 19.4. The number of aromatic nitrogens is 1. The van der Waals surface area contributed by atoms with Gasteiger partial charge in [0.05, 0.1) is 22.4 Å². The van der Waals surface area contributed by atoms with Gasteiger partial charge in [-0.2, -0.15) is 0 Å². The van der Waals surface area contributed by atoms with E-state index < -0.39 is 0 Å². The van der Waals surface area contributed by atoms with Gasteiger partial charge in [0.1, 0.15) is 0 Å². The summed E-state index contributed by atoms with van der Waals surface area (Å²) >= 11 is 0. The molecule has 1 heterocycles. The van der Waals surface area contributed by atoms with E-state index in [0.29, 0.717) is 0 Å². The van der Waals surface area contributed by atoms with Gasteiger partial charge in [0.15, 0.2) is 0 Å². The highest BCUT2D eigenvalue weighted by Crippen LogP contribution is 2.56. The van der Waals surface area contributed by atoms with Crippen LogP contribution in [0.3, 0.4) is 0 Å². The Balaban J connectivity index is 1.17. The number of fused-ring (bicyclic) bond motifs is 9. The van der Waals surface area contributed by atoms with E-state index >= 15 is 0 Å². The first-order chi connectivity index (χ1) is 27.8. The maximum Gasteiger partial charge on any atom is 0.0561 e. The first-order valence-corrected chi connectivity index (χ1v) is 19.4. The van der Waals surface area contributed by atoms with Crippen molar-refractivity contribution in [1.82, 2.24) is 4.57 Å². The molecule has 0 N–H and O–H groups in total. The van der Waals surface area contributed by atoms with Gasteiger partial charge in [0.25, 0.3) is 0 Å². The number of nitrogens with zero attached hydrogens (tertiary/aromatic N) is 2. The molecule has 0 aliphatic heterocycles. The lowest BCUT2D eigenvalue weighted by Gasteiger charge is -2.30. The second kappa shape index (κ2) is 12.0. The summed E-state index contributed by atoms with van der Waals surface area (Å²) in [4.78, 5) is 2.51. The molecule has 0 spiro atoms. The molecule has 1 aliphatic carbocycles. The van der Waals surface area contributed by atoms with Crippen LogP contribution in [0, 0.1) is 0 Å². The molecular weight excluding hydrogens is 677 g/mol. The zero-order valence-electron chi connectivity index (χ0n) is 30.5. The van der Waals surface area contributed by atoms with Crippen LogP contribution in [0.4, 0.5) is 17.1 Å². The highest BCUT2D eigenvalue weighted by molar-refractivity contribution is 6.26. The average Bonchev–Trinajstić information content (AvgIpc) is 3.78. The van der Waals surface area contributed by atoms with E-state index in [0.717, 1.165) is 22.7 Å². The van der Waals surface area contributed by atoms with E-state index in [1.807, 2.05) is 0 Å². The second-order valence-electron chi connectivity index (χ2n) is 14.9. The van der Waals surface area contributed by atoms with Crippen LogP contribution >= 0.6 is 0 Å². The van der Waals surface area contributed by atoms with E-state index in [2.05, 4.69) is 216 Å². The quantitative estimate of drug-likeness (QED) is 0.161. The Kier molecular flexibility index (Phi) is 6.66. The smallest absolute Gasteiger partial charge is 0.0561 e. The average molecular weight is 711 g/mol. The molecule has 12 rings (SSSR count). The van der Waals surface area contributed by atoms with Crippen LogP contribution in [0.25, 0.3) is 93.2 Å². The maximum absolute atomic E-state index is 2.51. The lowest BCUT2D eigenvalue weighted by molar-refractivity contribution is 1.18. The predicted molar refractivity (Wildman–Crippen MR) is 238 cm³/mol. The standard InChI is InChI=1S/C54H34N2/c1-2-15-36(16-3-1)42-20-8-10-25-48(42)55(50-27-13-24-47-53(50)46-23-12-19-39-32-38-18-6-7-21-43(38)54(47)52(39)46)41-30-31-45-44-22-9-11-26-49(44)56(51(45)34-41)40-29-28-35-14-4-5-17-37(35)33-40/h1-34H.